The van der Waals surface area contributed by atoms with Crippen LogP contribution in [-0.4, -0.2) is 57.7 Å². The Labute approximate surface area is 185 Å². The summed E-state index contributed by atoms with van der Waals surface area (Å²) in [7, 11) is 0. The number of carbonyl (C=O) groups excluding carboxylic acids is 2. The Kier molecular flexibility index (Phi) is 5.90. The lowest BCUT2D eigenvalue weighted by atomic mass is 9.89. The summed E-state index contributed by atoms with van der Waals surface area (Å²) in [5, 5.41) is 9.62. The second-order valence-electron chi connectivity index (χ2n) is 8.55. The van der Waals surface area contributed by atoms with Crippen molar-refractivity contribution in [1.82, 2.24) is 9.80 Å². The standard InChI is InChI=1S/C24H26F2N2O4/c1-15(12-18(26)13-16(2)25)20-6-7-21-28(20)23(31)24(32-21)8-10-27(11-9-24)22(30)17-4-3-5-19(29)14-17/h3-5,12-14,20-21,29H,1,6-11H2,2H3/b16-13+,18-12+/t20-,21+/m0/s1. The summed E-state index contributed by atoms with van der Waals surface area (Å²) in [6.07, 6.45) is 3.44. The smallest absolute Gasteiger partial charge is 0.257 e. The Balaban J connectivity index is 1.44. The van der Waals surface area contributed by atoms with Crippen molar-refractivity contribution in [3.63, 3.8) is 0 Å². The highest BCUT2D eigenvalue weighted by molar-refractivity contribution is 5.95. The monoisotopic (exact) mass is 444 g/mol. The maximum atomic E-state index is 13.9. The number of carbonyl (C=O) groups is 2. The largest absolute Gasteiger partial charge is 0.508 e. The van der Waals surface area contributed by atoms with Gasteiger partial charge in [0.15, 0.2) is 5.60 Å². The Hall–Kier alpha value is -3.00. The fraction of sp³-hybridized carbons (Fsp3) is 0.417. The van der Waals surface area contributed by atoms with Gasteiger partial charge in [-0.2, -0.15) is 0 Å². The van der Waals surface area contributed by atoms with Crippen LogP contribution in [0.1, 0.15) is 43.0 Å². The van der Waals surface area contributed by atoms with E-state index < -0.39 is 29.5 Å². The normalized spacial score (nSPS) is 25.4. The molecule has 0 aliphatic carbocycles. The number of nitrogens with zero attached hydrogens (tertiary/aromatic N) is 2. The quantitative estimate of drug-likeness (QED) is 0.713. The Morgan fingerprint density at radius 1 is 1.25 bits per heavy atom. The number of amides is 2. The number of phenols is 1. The van der Waals surface area contributed by atoms with Crippen molar-refractivity contribution in [3.8, 4) is 5.75 Å². The third-order valence-electron chi connectivity index (χ3n) is 6.36. The Morgan fingerprint density at radius 3 is 2.62 bits per heavy atom. The molecule has 0 saturated carbocycles. The van der Waals surface area contributed by atoms with E-state index in [-0.39, 0.29) is 17.6 Å². The molecule has 3 fully saturated rings. The number of halogens is 2. The third-order valence-corrected chi connectivity index (χ3v) is 6.36. The molecule has 4 rings (SSSR count). The second kappa shape index (κ2) is 8.50. The van der Waals surface area contributed by atoms with E-state index in [2.05, 4.69) is 6.58 Å². The average molecular weight is 444 g/mol. The van der Waals surface area contributed by atoms with Gasteiger partial charge in [-0.15, -0.1) is 0 Å². The first kappa shape index (κ1) is 22.2. The molecule has 1 N–H and O–H groups in total. The van der Waals surface area contributed by atoms with E-state index in [0.29, 0.717) is 49.9 Å². The molecule has 0 radical (unpaired) electrons. The highest BCUT2D eigenvalue weighted by Crippen LogP contribution is 2.44. The van der Waals surface area contributed by atoms with Gasteiger partial charge in [-0.25, -0.2) is 8.78 Å². The number of rotatable bonds is 4. The van der Waals surface area contributed by atoms with Gasteiger partial charge in [-0.3, -0.25) is 9.59 Å². The molecule has 2 atom stereocenters. The lowest BCUT2D eigenvalue weighted by Gasteiger charge is -2.37. The van der Waals surface area contributed by atoms with Crippen molar-refractivity contribution in [3.05, 3.63) is 65.8 Å². The zero-order chi connectivity index (χ0) is 23.0. The van der Waals surface area contributed by atoms with Gasteiger partial charge in [0.1, 0.15) is 17.8 Å². The van der Waals surface area contributed by atoms with Gasteiger partial charge in [-0.05, 0) is 49.6 Å². The van der Waals surface area contributed by atoms with Crippen LogP contribution in [0.25, 0.3) is 0 Å². The number of hydrogen-bond acceptors (Lipinski definition) is 4. The van der Waals surface area contributed by atoms with E-state index in [0.717, 1.165) is 19.1 Å². The van der Waals surface area contributed by atoms with Crippen LogP contribution in [0.2, 0.25) is 0 Å². The predicted octanol–water partition coefficient (Wildman–Crippen LogP) is 4.00. The number of hydrogen-bond donors (Lipinski definition) is 1. The first-order valence-corrected chi connectivity index (χ1v) is 10.7. The van der Waals surface area contributed by atoms with Gasteiger partial charge in [0.2, 0.25) is 0 Å². The van der Waals surface area contributed by atoms with Crippen LogP contribution in [0, 0.1) is 0 Å². The average Bonchev–Trinajstić information content (AvgIpc) is 3.26. The van der Waals surface area contributed by atoms with E-state index in [1.165, 1.54) is 12.1 Å². The number of phenolic OH excluding ortho intramolecular Hbond substituents is 1. The zero-order valence-corrected chi connectivity index (χ0v) is 17.9. The minimum absolute atomic E-state index is 0.0215. The van der Waals surface area contributed by atoms with Gasteiger partial charge in [0, 0.05) is 37.6 Å². The number of ether oxygens (including phenoxy) is 1. The third kappa shape index (κ3) is 4.07. The molecule has 1 spiro atoms. The van der Waals surface area contributed by atoms with Crippen molar-refractivity contribution < 1.29 is 28.2 Å². The lowest BCUT2D eigenvalue weighted by molar-refractivity contribution is -0.142. The molecular formula is C24H26F2N2O4. The maximum Gasteiger partial charge on any atom is 0.257 e. The van der Waals surface area contributed by atoms with Crippen LogP contribution in [0.3, 0.4) is 0 Å². The lowest BCUT2D eigenvalue weighted by Crippen LogP contribution is -2.52. The van der Waals surface area contributed by atoms with E-state index >= 15 is 0 Å². The molecule has 3 aliphatic heterocycles. The van der Waals surface area contributed by atoms with Crippen molar-refractivity contribution in [2.75, 3.05) is 13.1 Å². The molecule has 1 aromatic carbocycles. The highest BCUT2D eigenvalue weighted by atomic mass is 19.1. The van der Waals surface area contributed by atoms with E-state index in [1.54, 1.807) is 21.9 Å². The molecular weight excluding hydrogens is 418 g/mol. The number of likely N-dealkylation sites (tertiary alicyclic amines) is 1. The van der Waals surface area contributed by atoms with Crippen LogP contribution < -0.4 is 0 Å². The molecule has 3 heterocycles. The van der Waals surface area contributed by atoms with Gasteiger partial charge in [0.25, 0.3) is 11.8 Å². The Morgan fingerprint density at radius 2 is 1.97 bits per heavy atom. The first-order chi connectivity index (χ1) is 15.2. The summed E-state index contributed by atoms with van der Waals surface area (Å²) in [6, 6.07) is 5.77. The predicted molar refractivity (Wildman–Crippen MR) is 114 cm³/mol. The molecule has 2 amide bonds. The Bertz CT molecular complexity index is 1010. The summed E-state index contributed by atoms with van der Waals surface area (Å²) in [6.45, 7) is 5.75. The molecule has 3 aliphatic rings. The fourth-order valence-corrected chi connectivity index (χ4v) is 4.81. The van der Waals surface area contributed by atoms with Crippen LogP contribution >= 0.6 is 0 Å². The molecule has 3 saturated heterocycles. The summed E-state index contributed by atoms with van der Waals surface area (Å²) in [4.78, 5) is 29.4. The van der Waals surface area contributed by atoms with Crippen molar-refractivity contribution in [2.45, 2.75) is 50.5 Å². The number of aromatic hydroxyl groups is 1. The van der Waals surface area contributed by atoms with Crippen molar-refractivity contribution >= 4 is 11.8 Å². The van der Waals surface area contributed by atoms with Crippen molar-refractivity contribution in [2.24, 2.45) is 0 Å². The summed E-state index contributed by atoms with van der Waals surface area (Å²) >= 11 is 0. The van der Waals surface area contributed by atoms with E-state index in [4.69, 9.17) is 4.74 Å². The van der Waals surface area contributed by atoms with Crippen molar-refractivity contribution in [1.29, 1.82) is 0 Å². The van der Waals surface area contributed by atoms with Crippen LogP contribution in [0.4, 0.5) is 8.78 Å². The van der Waals surface area contributed by atoms with E-state index in [9.17, 15) is 23.5 Å². The van der Waals surface area contributed by atoms with Gasteiger partial charge in [-0.1, -0.05) is 12.6 Å². The molecule has 1 aromatic rings. The molecule has 8 heteroatoms. The number of piperidine rings is 1. The maximum absolute atomic E-state index is 13.9. The first-order valence-electron chi connectivity index (χ1n) is 10.7. The number of allylic oxidation sites excluding steroid dienone is 3. The summed E-state index contributed by atoms with van der Waals surface area (Å²) < 4.78 is 33.1. The summed E-state index contributed by atoms with van der Waals surface area (Å²) in [5.74, 6) is -1.75. The molecule has 0 aromatic heterocycles. The highest BCUT2D eigenvalue weighted by Gasteiger charge is 2.58. The number of benzene rings is 1. The molecule has 170 valence electrons. The number of fused-ring (bicyclic) bond motifs is 1. The van der Waals surface area contributed by atoms with Crippen LogP contribution in [-0.2, 0) is 9.53 Å². The minimum Gasteiger partial charge on any atom is -0.508 e. The molecule has 0 unspecified atom stereocenters. The van der Waals surface area contributed by atoms with Gasteiger partial charge < -0.3 is 19.6 Å². The topological polar surface area (TPSA) is 70.1 Å². The van der Waals surface area contributed by atoms with Crippen LogP contribution in [0.15, 0.2) is 60.2 Å². The summed E-state index contributed by atoms with van der Waals surface area (Å²) in [5.41, 5.74) is -0.215. The second-order valence-corrected chi connectivity index (χ2v) is 8.55. The molecule has 0 bridgehead atoms. The fourth-order valence-electron chi connectivity index (χ4n) is 4.81. The van der Waals surface area contributed by atoms with E-state index in [1.807, 2.05) is 0 Å². The van der Waals surface area contributed by atoms with Gasteiger partial charge in [0.05, 0.1) is 11.9 Å². The zero-order valence-electron chi connectivity index (χ0n) is 17.9. The van der Waals surface area contributed by atoms with Gasteiger partial charge >= 0.3 is 0 Å². The SMILES string of the molecule is C=C(/C=C(F)\C=C(/C)F)[C@@H]1CC[C@H]2OC3(CCN(C(=O)c4cccc(O)c4)CC3)C(=O)N21. The van der Waals surface area contributed by atoms with Crippen LogP contribution in [0.5, 0.6) is 5.75 Å². The molecule has 32 heavy (non-hydrogen) atoms. The minimum atomic E-state index is -1.00. The molecule has 6 nitrogen and oxygen atoms in total.